The van der Waals surface area contributed by atoms with E-state index in [1.54, 1.807) is 18.7 Å². The lowest BCUT2D eigenvalue weighted by atomic mass is 9.79. The summed E-state index contributed by atoms with van der Waals surface area (Å²) in [6, 6.07) is -0.230. The Kier molecular flexibility index (Phi) is 4.73. The largest absolute Gasteiger partial charge is 0.477 e. The van der Waals surface area contributed by atoms with Crippen LogP contribution < -0.4 is 0 Å². The Morgan fingerprint density at radius 3 is 2.73 bits per heavy atom. The van der Waals surface area contributed by atoms with Gasteiger partial charge in [-0.1, -0.05) is 6.92 Å². The van der Waals surface area contributed by atoms with Gasteiger partial charge in [0.25, 0.3) is 0 Å². The molecule has 4 aliphatic rings. The molecule has 0 aromatic rings. The standard InChI is InChI=1S/C17H23N3O4S2/c1-8-13-12(9(2)21)16(22)20(13)14(17(23)24)15(8)26-10-5-19(6-10)11-7-25-4-3-18-11/h8-10,12-13,21H,3-7H2,1-2H3,(H,23,24)/t8-,9-,12-,13-/m1/s1. The van der Waals surface area contributed by atoms with Gasteiger partial charge in [0.1, 0.15) is 11.5 Å². The number of aliphatic carboxylic acids is 1. The van der Waals surface area contributed by atoms with E-state index < -0.39 is 18.0 Å². The highest BCUT2D eigenvalue weighted by molar-refractivity contribution is 8.03. The van der Waals surface area contributed by atoms with E-state index in [1.165, 1.54) is 4.90 Å². The van der Waals surface area contributed by atoms with Crippen LogP contribution in [0, 0.1) is 11.8 Å². The van der Waals surface area contributed by atoms with Crippen LogP contribution in [0.2, 0.25) is 0 Å². The van der Waals surface area contributed by atoms with Gasteiger partial charge < -0.3 is 20.0 Å². The van der Waals surface area contributed by atoms with E-state index >= 15 is 0 Å². The SMILES string of the molecule is C[C@@H](O)[C@H]1C(=O)N2C(C(=O)O)=C(SC3CN(C4=NCCSC4)C3)[C@H](C)[C@H]12. The van der Waals surface area contributed by atoms with Crippen molar-refractivity contribution in [2.45, 2.75) is 31.2 Å². The maximum atomic E-state index is 12.4. The zero-order valence-corrected chi connectivity index (χ0v) is 16.4. The number of carbonyl (C=O) groups is 2. The summed E-state index contributed by atoms with van der Waals surface area (Å²) in [5.41, 5.74) is 0.124. The Bertz CT molecular complexity index is 702. The molecular formula is C17H23N3O4S2. The van der Waals surface area contributed by atoms with Gasteiger partial charge in [-0.2, -0.15) is 11.8 Å². The van der Waals surface area contributed by atoms with Crippen LogP contribution in [0.4, 0.5) is 0 Å². The number of amides is 1. The smallest absolute Gasteiger partial charge is 0.353 e. The van der Waals surface area contributed by atoms with Crippen LogP contribution in [0.3, 0.4) is 0 Å². The van der Waals surface area contributed by atoms with Crippen molar-refractivity contribution < 1.29 is 19.8 Å². The minimum Gasteiger partial charge on any atom is -0.477 e. The lowest BCUT2D eigenvalue weighted by Gasteiger charge is -2.46. The Balaban J connectivity index is 1.47. The molecule has 2 saturated heterocycles. The molecule has 26 heavy (non-hydrogen) atoms. The van der Waals surface area contributed by atoms with Crippen LogP contribution in [-0.4, -0.2) is 86.3 Å². The number of carbonyl (C=O) groups excluding carboxylic acids is 1. The number of aliphatic hydroxyl groups excluding tert-OH is 1. The van der Waals surface area contributed by atoms with Crippen molar-refractivity contribution in [1.29, 1.82) is 0 Å². The van der Waals surface area contributed by atoms with Gasteiger partial charge in [-0.15, -0.1) is 11.8 Å². The molecule has 0 saturated carbocycles. The molecule has 2 N–H and O–H groups in total. The van der Waals surface area contributed by atoms with E-state index in [0.29, 0.717) is 5.25 Å². The van der Waals surface area contributed by atoms with Crippen molar-refractivity contribution in [1.82, 2.24) is 9.80 Å². The quantitative estimate of drug-likeness (QED) is 0.675. The molecular weight excluding hydrogens is 374 g/mol. The van der Waals surface area contributed by atoms with Crippen LogP contribution in [0.5, 0.6) is 0 Å². The number of hydrogen-bond donors (Lipinski definition) is 2. The maximum Gasteiger partial charge on any atom is 0.353 e. The number of nitrogens with zero attached hydrogens (tertiary/aromatic N) is 3. The number of rotatable bonds is 4. The number of fused-ring (bicyclic) bond motifs is 1. The molecule has 2 fully saturated rings. The number of amidine groups is 1. The summed E-state index contributed by atoms with van der Waals surface area (Å²) in [6.07, 6.45) is -0.758. The first-order chi connectivity index (χ1) is 12.4. The lowest BCUT2D eigenvalue weighted by molar-refractivity contribution is -0.163. The first kappa shape index (κ1) is 18.2. The summed E-state index contributed by atoms with van der Waals surface area (Å²) in [5.74, 6) is 1.31. The Hall–Kier alpha value is -1.19. The van der Waals surface area contributed by atoms with E-state index in [0.717, 1.165) is 41.9 Å². The van der Waals surface area contributed by atoms with Gasteiger partial charge in [0.05, 0.1) is 30.4 Å². The van der Waals surface area contributed by atoms with E-state index in [-0.39, 0.29) is 23.6 Å². The fourth-order valence-electron chi connectivity index (χ4n) is 4.22. The Morgan fingerprint density at radius 1 is 1.42 bits per heavy atom. The number of hydrogen-bond acceptors (Lipinski definition) is 7. The van der Waals surface area contributed by atoms with Crippen molar-refractivity contribution in [2.24, 2.45) is 16.8 Å². The van der Waals surface area contributed by atoms with Crippen LogP contribution in [0.1, 0.15) is 13.8 Å². The second-order valence-electron chi connectivity index (χ2n) is 7.27. The van der Waals surface area contributed by atoms with Gasteiger partial charge in [0.2, 0.25) is 5.91 Å². The minimum atomic E-state index is -1.05. The van der Waals surface area contributed by atoms with Crippen molar-refractivity contribution in [3.63, 3.8) is 0 Å². The number of carboxylic acids is 1. The van der Waals surface area contributed by atoms with Crippen molar-refractivity contribution in [3.05, 3.63) is 10.6 Å². The Morgan fingerprint density at radius 2 is 2.15 bits per heavy atom. The van der Waals surface area contributed by atoms with E-state index in [4.69, 9.17) is 0 Å². The normalized spacial score (nSPS) is 32.8. The van der Waals surface area contributed by atoms with Crippen LogP contribution in [0.25, 0.3) is 0 Å². The molecule has 1 amide bonds. The predicted octanol–water partition coefficient (Wildman–Crippen LogP) is 0.703. The summed E-state index contributed by atoms with van der Waals surface area (Å²) in [4.78, 5) is 33.2. The summed E-state index contributed by atoms with van der Waals surface area (Å²) in [5, 5.41) is 19.9. The van der Waals surface area contributed by atoms with Gasteiger partial charge in [-0.3, -0.25) is 9.79 Å². The molecule has 4 heterocycles. The monoisotopic (exact) mass is 397 g/mol. The van der Waals surface area contributed by atoms with Crippen LogP contribution in [-0.2, 0) is 9.59 Å². The highest BCUT2D eigenvalue weighted by Crippen LogP contribution is 2.51. The van der Waals surface area contributed by atoms with E-state index in [2.05, 4.69) is 9.89 Å². The third-order valence-electron chi connectivity index (χ3n) is 5.58. The molecule has 0 bridgehead atoms. The number of thioether (sulfide) groups is 2. The predicted molar refractivity (Wildman–Crippen MR) is 102 cm³/mol. The summed E-state index contributed by atoms with van der Waals surface area (Å²) in [7, 11) is 0. The van der Waals surface area contributed by atoms with Gasteiger partial charge >= 0.3 is 5.97 Å². The number of aliphatic imine (C=N–C) groups is 1. The van der Waals surface area contributed by atoms with Crippen molar-refractivity contribution >= 4 is 41.2 Å². The molecule has 0 aromatic carbocycles. The van der Waals surface area contributed by atoms with E-state index in [1.807, 2.05) is 18.7 Å². The molecule has 0 aromatic heterocycles. The molecule has 0 aliphatic carbocycles. The molecule has 0 unspecified atom stereocenters. The summed E-state index contributed by atoms with van der Waals surface area (Å²) in [6.45, 7) is 6.18. The molecule has 4 atom stereocenters. The molecule has 0 radical (unpaired) electrons. The van der Waals surface area contributed by atoms with Crippen molar-refractivity contribution in [2.75, 3.05) is 31.1 Å². The Labute approximate surface area is 160 Å². The molecule has 4 aliphatic heterocycles. The van der Waals surface area contributed by atoms with Gasteiger partial charge in [0, 0.05) is 34.9 Å². The average molecular weight is 398 g/mol. The number of carboxylic acid groups (broad SMARTS) is 1. The zero-order chi connectivity index (χ0) is 18.6. The fraction of sp³-hybridized carbons (Fsp3) is 0.706. The molecule has 0 spiro atoms. The number of aliphatic hydroxyl groups is 1. The topological polar surface area (TPSA) is 93.4 Å². The minimum absolute atomic E-state index is 0.0555. The first-order valence-corrected chi connectivity index (χ1v) is 10.9. The van der Waals surface area contributed by atoms with Gasteiger partial charge in [-0.25, -0.2) is 4.79 Å². The molecule has 9 heteroatoms. The molecule has 4 rings (SSSR count). The fourth-order valence-corrected chi connectivity index (χ4v) is 6.56. The third-order valence-corrected chi connectivity index (χ3v) is 7.96. The van der Waals surface area contributed by atoms with Gasteiger partial charge in [0.15, 0.2) is 0 Å². The highest BCUT2D eigenvalue weighted by atomic mass is 32.2. The molecule has 142 valence electrons. The summed E-state index contributed by atoms with van der Waals surface area (Å²) >= 11 is 3.49. The summed E-state index contributed by atoms with van der Waals surface area (Å²) < 4.78 is 0. The maximum absolute atomic E-state index is 12.4. The second-order valence-corrected chi connectivity index (χ2v) is 9.71. The highest BCUT2D eigenvalue weighted by Gasteiger charge is 2.60. The first-order valence-electron chi connectivity index (χ1n) is 8.91. The average Bonchev–Trinajstić information content (AvgIpc) is 2.80. The second kappa shape index (κ2) is 6.76. The van der Waals surface area contributed by atoms with E-state index in [9.17, 15) is 19.8 Å². The molecule has 7 nitrogen and oxygen atoms in total. The van der Waals surface area contributed by atoms with Crippen molar-refractivity contribution in [3.8, 4) is 0 Å². The number of β-lactam (4-membered cyclic amide) rings is 1. The zero-order valence-electron chi connectivity index (χ0n) is 14.8. The lowest BCUT2D eigenvalue weighted by Crippen LogP contribution is -2.63. The van der Waals surface area contributed by atoms with Crippen LogP contribution >= 0.6 is 23.5 Å². The van der Waals surface area contributed by atoms with Crippen LogP contribution in [0.15, 0.2) is 15.6 Å². The third kappa shape index (κ3) is 2.75. The number of likely N-dealkylation sites (tertiary alicyclic amines) is 1. The van der Waals surface area contributed by atoms with Gasteiger partial charge in [-0.05, 0) is 6.92 Å².